The van der Waals surface area contributed by atoms with Crippen LogP contribution in [0.25, 0.3) is 0 Å². The van der Waals surface area contributed by atoms with Crippen molar-refractivity contribution >= 4 is 15.9 Å². The monoisotopic (exact) mass is 257 g/mol. The van der Waals surface area contributed by atoms with E-state index in [9.17, 15) is 0 Å². The number of nitrogens with two attached hydrogens (primary N) is 1. The molecule has 2 rings (SSSR count). The van der Waals surface area contributed by atoms with Crippen molar-refractivity contribution in [1.82, 2.24) is 9.78 Å². The second kappa shape index (κ2) is 3.66. The fourth-order valence-electron chi connectivity index (χ4n) is 2.44. The summed E-state index contributed by atoms with van der Waals surface area (Å²) in [5.74, 6) is 0. The van der Waals surface area contributed by atoms with Crippen LogP contribution in [-0.2, 0) is 12.5 Å². The van der Waals surface area contributed by atoms with E-state index in [1.54, 1.807) is 0 Å². The van der Waals surface area contributed by atoms with E-state index in [4.69, 9.17) is 5.73 Å². The topological polar surface area (TPSA) is 43.8 Å². The van der Waals surface area contributed by atoms with Crippen LogP contribution >= 0.6 is 15.9 Å². The van der Waals surface area contributed by atoms with Gasteiger partial charge in [0.25, 0.3) is 0 Å². The summed E-state index contributed by atoms with van der Waals surface area (Å²) < 4.78 is 2.91. The molecule has 1 saturated carbocycles. The van der Waals surface area contributed by atoms with E-state index >= 15 is 0 Å². The molecule has 1 aliphatic carbocycles. The molecule has 0 spiro atoms. The molecule has 2 N–H and O–H groups in total. The Hall–Kier alpha value is -0.350. The number of halogens is 1. The third-order valence-corrected chi connectivity index (χ3v) is 3.71. The Balaban J connectivity index is 2.31. The summed E-state index contributed by atoms with van der Waals surface area (Å²) in [6, 6.07) is 2.13. The minimum atomic E-state index is 0.322. The molecular formula is C10H16BrN3. The maximum Gasteiger partial charge on any atom is 0.128 e. The van der Waals surface area contributed by atoms with Crippen LogP contribution in [-0.4, -0.2) is 16.3 Å². The highest BCUT2D eigenvalue weighted by atomic mass is 79.9. The first-order valence-corrected chi connectivity index (χ1v) is 5.87. The molecule has 1 heterocycles. The van der Waals surface area contributed by atoms with E-state index in [0.717, 1.165) is 17.6 Å². The smallest absolute Gasteiger partial charge is 0.128 e. The van der Waals surface area contributed by atoms with E-state index in [2.05, 4.69) is 27.1 Å². The molecule has 1 aromatic heterocycles. The van der Waals surface area contributed by atoms with Crippen molar-refractivity contribution in [3.63, 3.8) is 0 Å². The predicted octanol–water partition coefficient (Wildman–Crippen LogP) is 1.95. The Labute approximate surface area is 92.8 Å². The van der Waals surface area contributed by atoms with Crippen LogP contribution in [0.15, 0.2) is 10.7 Å². The quantitative estimate of drug-likeness (QED) is 0.900. The van der Waals surface area contributed by atoms with Crippen molar-refractivity contribution in [3.8, 4) is 0 Å². The van der Waals surface area contributed by atoms with Crippen molar-refractivity contribution in [2.75, 3.05) is 6.54 Å². The van der Waals surface area contributed by atoms with Crippen molar-refractivity contribution in [3.05, 3.63) is 16.4 Å². The van der Waals surface area contributed by atoms with Gasteiger partial charge in [-0.25, -0.2) is 0 Å². The van der Waals surface area contributed by atoms with Gasteiger partial charge in [0, 0.05) is 18.2 Å². The standard InChI is InChI=1S/C10H16BrN3/c1-14-8(7-9(11)13-14)10(5-6-12)3-2-4-10/h7H,2-6,12H2,1H3. The minimum absolute atomic E-state index is 0.322. The van der Waals surface area contributed by atoms with Crippen LogP contribution in [0.2, 0.25) is 0 Å². The Morgan fingerprint density at radius 1 is 1.64 bits per heavy atom. The first kappa shape index (κ1) is 10.2. The van der Waals surface area contributed by atoms with Gasteiger partial charge in [0.15, 0.2) is 0 Å². The number of rotatable bonds is 3. The summed E-state index contributed by atoms with van der Waals surface area (Å²) in [6.45, 7) is 0.767. The van der Waals surface area contributed by atoms with E-state index < -0.39 is 0 Å². The molecule has 1 fully saturated rings. The third-order valence-electron chi connectivity index (χ3n) is 3.33. The highest BCUT2D eigenvalue weighted by Crippen LogP contribution is 2.46. The van der Waals surface area contributed by atoms with Gasteiger partial charge >= 0.3 is 0 Å². The van der Waals surface area contributed by atoms with Crippen LogP contribution < -0.4 is 5.73 Å². The molecule has 1 aromatic rings. The largest absolute Gasteiger partial charge is 0.330 e. The molecule has 1 aliphatic rings. The summed E-state index contributed by atoms with van der Waals surface area (Å²) in [7, 11) is 2.01. The molecular weight excluding hydrogens is 242 g/mol. The number of hydrogen-bond acceptors (Lipinski definition) is 2. The maximum atomic E-state index is 5.68. The molecule has 14 heavy (non-hydrogen) atoms. The summed E-state index contributed by atoms with van der Waals surface area (Å²) >= 11 is 3.42. The Morgan fingerprint density at radius 3 is 2.71 bits per heavy atom. The van der Waals surface area contributed by atoms with Gasteiger partial charge in [0.2, 0.25) is 0 Å². The zero-order valence-electron chi connectivity index (χ0n) is 8.46. The summed E-state index contributed by atoms with van der Waals surface area (Å²) in [6.07, 6.45) is 4.92. The molecule has 0 aromatic carbocycles. The average molecular weight is 258 g/mol. The summed E-state index contributed by atoms with van der Waals surface area (Å²) in [4.78, 5) is 0. The molecule has 0 atom stereocenters. The zero-order valence-corrected chi connectivity index (χ0v) is 10.0. The van der Waals surface area contributed by atoms with Crippen molar-refractivity contribution in [2.24, 2.45) is 12.8 Å². The van der Waals surface area contributed by atoms with Gasteiger partial charge in [0.05, 0.1) is 0 Å². The van der Waals surface area contributed by atoms with Gasteiger partial charge < -0.3 is 5.73 Å². The van der Waals surface area contributed by atoms with Crippen LogP contribution in [0.5, 0.6) is 0 Å². The Morgan fingerprint density at radius 2 is 2.36 bits per heavy atom. The number of hydrogen-bond donors (Lipinski definition) is 1. The lowest BCUT2D eigenvalue weighted by Gasteiger charge is -2.41. The normalized spacial score (nSPS) is 19.4. The predicted molar refractivity (Wildman–Crippen MR) is 60.1 cm³/mol. The fourth-order valence-corrected chi connectivity index (χ4v) is 2.90. The van der Waals surface area contributed by atoms with E-state index in [0.29, 0.717) is 5.41 Å². The average Bonchev–Trinajstić information content (AvgIpc) is 2.38. The molecule has 0 saturated heterocycles. The Kier molecular flexibility index (Phi) is 2.66. The minimum Gasteiger partial charge on any atom is -0.330 e. The lowest BCUT2D eigenvalue weighted by Crippen LogP contribution is -2.38. The Bertz CT molecular complexity index is 328. The third kappa shape index (κ3) is 1.50. The van der Waals surface area contributed by atoms with Crippen LogP contribution in [0, 0.1) is 0 Å². The SMILES string of the molecule is Cn1nc(Br)cc1C1(CCN)CCC1. The fraction of sp³-hybridized carbons (Fsp3) is 0.700. The van der Waals surface area contributed by atoms with Gasteiger partial charge in [-0.2, -0.15) is 5.10 Å². The van der Waals surface area contributed by atoms with E-state index in [1.807, 2.05) is 11.7 Å². The molecule has 0 aliphatic heterocycles. The maximum absolute atomic E-state index is 5.68. The lowest BCUT2D eigenvalue weighted by molar-refractivity contribution is 0.215. The van der Waals surface area contributed by atoms with Gasteiger partial charge in [-0.3, -0.25) is 4.68 Å². The number of aromatic nitrogens is 2. The number of nitrogens with zero attached hydrogens (tertiary/aromatic N) is 2. The number of aryl methyl sites for hydroxylation is 1. The molecule has 0 bridgehead atoms. The van der Waals surface area contributed by atoms with Crippen molar-refractivity contribution in [2.45, 2.75) is 31.1 Å². The lowest BCUT2D eigenvalue weighted by atomic mass is 9.64. The summed E-state index contributed by atoms with van der Waals surface area (Å²) in [5, 5.41) is 4.33. The highest BCUT2D eigenvalue weighted by Gasteiger charge is 2.40. The first-order chi connectivity index (χ1) is 6.68. The van der Waals surface area contributed by atoms with E-state index in [-0.39, 0.29) is 0 Å². The van der Waals surface area contributed by atoms with Gasteiger partial charge in [-0.1, -0.05) is 6.42 Å². The van der Waals surface area contributed by atoms with Crippen molar-refractivity contribution < 1.29 is 0 Å². The van der Waals surface area contributed by atoms with Crippen molar-refractivity contribution in [1.29, 1.82) is 0 Å². The molecule has 0 amide bonds. The second-order valence-electron chi connectivity index (χ2n) is 4.15. The van der Waals surface area contributed by atoms with Crippen LogP contribution in [0.1, 0.15) is 31.4 Å². The molecule has 4 heteroatoms. The van der Waals surface area contributed by atoms with Gasteiger partial charge in [-0.05, 0) is 47.8 Å². The molecule has 78 valence electrons. The molecule has 0 unspecified atom stereocenters. The second-order valence-corrected chi connectivity index (χ2v) is 4.96. The zero-order chi connectivity index (χ0) is 10.2. The van der Waals surface area contributed by atoms with E-state index in [1.165, 1.54) is 25.0 Å². The summed E-state index contributed by atoms with van der Waals surface area (Å²) in [5.41, 5.74) is 7.33. The first-order valence-electron chi connectivity index (χ1n) is 5.08. The highest BCUT2D eigenvalue weighted by molar-refractivity contribution is 9.10. The van der Waals surface area contributed by atoms with Crippen LogP contribution in [0.4, 0.5) is 0 Å². The molecule has 0 radical (unpaired) electrons. The van der Waals surface area contributed by atoms with Gasteiger partial charge in [0.1, 0.15) is 4.60 Å². The molecule has 3 nitrogen and oxygen atoms in total. The van der Waals surface area contributed by atoms with Crippen LogP contribution in [0.3, 0.4) is 0 Å². The van der Waals surface area contributed by atoms with Gasteiger partial charge in [-0.15, -0.1) is 0 Å².